The first kappa shape index (κ1) is 30.0. The molecule has 39 heavy (non-hydrogen) atoms. The van der Waals surface area contributed by atoms with E-state index in [0.29, 0.717) is 30.3 Å². The van der Waals surface area contributed by atoms with Gasteiger partial charge in [-0.3, -0.25) is 13.9 Å². The molecule has 8 nitrogen and oxygen atoms in total. The molecule has 0 aliphatic carbocycles. The fourth-order valence-corrected chi connectivity index (χ4v) is 5.67. The predicted octanol–water partition coefficient (Wildman–Crippen LogP) is 4.88. The van der Waals surface area contributed by atoms with E-state index in [-0.39, 0.29) is 23.0 Å². The zero-order chi connectivity index (χ0) is 28.4. The highest BCUT2D eigenvalue weighted by atomic mass is 35.5. The Labute approximate surface area is 235 Å². The number of likely N-dealkylation sites (N-methyl/N-ethyl adjacent to an activating group) is 1. The van der Waals surface area contributed by atoms with Crippen molar-refractivity contribution in [1.82, 2.24) is 10.2 Å². The number of anilines is 1. The topological polar surface area (TPSA) is 96.0 Å². The van der Waals surface area contributed by atoms with Crippen molar-refractivity contribution in [2.24, 2.45) is 0 Å². The van der Waals surface area contributed by atoms with Gasteiger partial charge >= 0.3 is 0 Å². The Morgan fingerprint density at radius 3 is 2.13 bits per heavy atom. The van der Waals surface area contributed by atoms with E-state index in [1.807, 2.05) is 44.2 Å². The zero-order valence-electron chi connectivity index (χ0n) is 22.3. The number of sulfonamides is 1. The molecule has 3 aromatic carbocycles. The van der Waals surface area contributed by atoms with Crippen LogP contribution in [0.5, 0.6) is 5.75 Å². The van der Waals surface area contributed by atoms with E-state index in [2.05, 4.69) is 5.32 Å². The third kappa shape index (κ3) is 7.74. The lowest BCUT2D eigenvalue weighted by atomic mass is 10.1. The fraction of sp³-hybridized carbons (Fsp3) is 0.310. The molecule has 0 spiro atoms. The van der Waals surface area contributed by atoms with Crippen molar-refractivity contribution in [2.75, 3.05) is 24.0 Å². The van der Waals surface area contributed by atoms with Gasteiger partial charge in [0.15, 0.2) is 0 Å². The van der Waals surface area contributed by atoms with Gasteiger partial charge < -0.3 is 15.0 Å². The largest absolute Gasteiger partial charge is 0.494 e. The van der Waals surface area contributed by atoms with Crippen LogP contribution in [0.4, 0.5) is 5.69 Å². The summed E-state index contributed by atoms with van der Waals surface area (Å²) in [5.41, 5.74) is 1.11. The lowest BCUT2D eigenvalue weighted by molar-refractivity contribution is -0.140. The first-order valence-electron chi connectivity index (χ1n) is 12.8. The van der Waals surface area contributed by atoms with Gasteiger partial charge in [0.25, 0.3) is 10.0 Å². The van der Waals surface area contributed by atoms with E-state index >= 15 is 0 Å². The second kappa shape index (κ2) is 14.0. The maximum Gasteiger partial charge on any atom is 0.264 e. The maximum absolute atomic E-state index is 13.9. The summed E-state index contributed by atoms with van der Waals surface area (Å²) >= 11 is 5.99. The number of hydrogen-bond acceptors (Lipinski definition) is 5. The van der Waals surface area contributed by atoms with Gasteiger partial charge in [0.1, 0.15) is 18.3 Å². The summed E-state index contributed by atoms with van der Waals surface area (Å²) in [6.07, 6.45) is 0.359. The standard InChI is InChI=1S/C29H34ClN3O5S/c1-4-27(29(35)31-5-2)32(20-22-10-8-7-9-11-22)28(34)21-33(24-14-16-25(17-15-24)38-6-3)39(36,37)26-18-12-23(30)13-19-26/h7-19,27H,4-6,20-21H2,1-3H3,(H,31,35)/t27-/m0/s1. The Balaban J connectivity index is 2.04. The number of ether oxygens (including phenoxy) is 1. The van der Waals surface area contributed by atoms with Gasteiger partial charge in [0.2, 0.25) is 11.8 Å². The summed E-state index contributed by atoms with van der Waals surface area (Å²) in [6, 6.07) is 20.8. The molecule has 0 bridgehead atoms. The minimum absolute atomic E-state index is 0.0149. The highest BCUT2D eigenvalue weighted by Gasteiger charge is 2.33. The Morgan fingerprint density at radius 1 is 0.923 bits per heavy atom. The number of rotatable bonds is 13. The van der Waals surface area contributed by atoms with Crippen LogP contribution >= 0.6 is 11.6 Å². The van der Waals surface area contributed by atoms with Gasteiger partial charge in [-0.2, -0.15) is 0 Å². The minimum atomic E-state index is -4.17. The van der Waals surface area contributed by atoms with Crippen molar-refractivity contribution in [2.45, 2.75) is 44.7 Å². The number of carbonyl (C=O) groups is 2. The molecule has 2 amide bonds. The molecule has 208 valence electrons. The molecule has 3 aromatic rings. The second-order valence-electron chi connectivity index (χ2n) is 8.72. The lowest BCUT2D eigenvalue weighted by Crippen LogP contribution is -2.52. The van der Waals surface area contributed by atoms with Gasteiger partial charge in [-0.25, -0.2) is 8.42 Å². The average Bonchev–Trinajstić information content (AvgIpc) is 2.93. The Kier molecular flexibility index (Phi) is 10.8. The average molecular weight is 572 g/mol. The van der Waals surface area contributed by atoms with Crippen molar-refractivity contribution < 1.29 is 22.7 Å². The molecule has 1 N–H and O–H groups in total. The van der Waals surface area contributed by atoms with Gasteiger partial charge in [-0.15, -0.1) is 0 Å². The van der Waals surface area contributed by atoms with Crippen LogP contribution in [0.2, 0.25) is 5.02 Å². The van der Waals surface area contributed by atoms with Crippen LogP contribution in [-0.4, -0.2) is 50.9 Å². The number of halogens is 1. The third-order valence-corrected chi connectivity index (χ3v) is 8.09. The Morgan fingerprint density at radius 2 is 1.56 bits per heavy atom. The zero-order valence-corrected chi connectivity index (χ0v) is 23.9. The number of nitrogens with zero attached hydrogens (tertiary/aromatic N) is 2. The van der Waals surface area contributed by atoms with Crippen molar-refractivity contribution in [1.29, 1.82) is 0 Å². The van der Waals surface area contributed by atoms with Crippen molar-refractivity contribution in [3.8, 4) is 5.75 Å². The molecule has 1 atom stereocenters. The van der Waals surface area contributed by atoms with Crippen molar-refractivity contribution in [3.05, 3.63) is 89.4 Å². The normalized spacial score (nSPS) is 11.9. The molecule has 0 fully saturated rings. The van der Waals surface area contributed by atoms with Crippen LogP contribution < -0.4 is 14.4 Å². The van der Waals surface area contributed by atoms with Crippen molar-refractivity contribution >= 4 is 39.1 Å². The van der Waals surface area contributed by atoms with Gasteiger partial charge in [0.05, 0.1) is 17.2 Å². The van der Waals surface area contributed by atoms with E-state index in [1.54, 1.807) is 31.2 Å². The predicted molar refractivity (Wildman–Crippen MR) is 153 cm³/mol. The molecular weight excluding hydrogens is 538 g/mol. The molecule has 0 radical (unpaired) electrons. The summed E-state index contributed by atoms with van der Waals surface area (Å²) in [4.78, 5) is 28.3. The minimum Gasteiger partial charge on any atom is -0.494 e. The van der Waals surface area contributed by atoms with Crippen LogP contribution in [-0.2, 0) is 26.2 Å². The molecule has 10 heteroatoms. The monoisotopic (exact) mass is 571 g/mol. The van der Waals surface area contributed by atoms with Crippen LogP contribution in [0.3, 0.4) is 0 Å². The third-order valence-electron chi connectivity index (χ3n) is 6.05. The van der Waals surface area contributed by atoms with Gasteiger partial charge in [0, 0.05) is 18.1 Å². The van der Waals surface area contributed by atoms with Crippen LogP contribution in [0.25, 0.3) is 0 Å². The molecule has 0 heterocycles. The number of hydrogen-bond donors (Lipinski definition) is 1. The van der Waals surface area contributed by atoms with E-state index in [9.17, 15) is 18.0 Å². The fourth-order valence-electron chi connectivity index (χ4n) is 4.13. The molecular formula is C29H34ClN3O5S. The van der Waals surface area contributed by atoms with Crippen LogP contribution in [0.15, 0.2) is 83.8 Å². The highest BCUT2D eigenvalue weighted by Crippen LogP contribution is 2.27. The number of carbonyl (C=O) groups excluding carboxylic acids is 2. The molecule has 3 rings (SSSR count). The maximum atomic E-state index is 13.9. The van der Waals surface area contributed by atoms with Crippen LogP contribution in [0.1, 0.15) is 32.8 Å². The smallest absolute Gasteiger partial charge is 0.264 e. The summed E-state index contributed by atoms with van der Waals surface area (Å²) in [5, 5.41) is 3.18. The van der Waals surface area contributed by atoms with Crippen LogP contribution in [0, 0.1) is 0 Å². The Bertz CT molecular complexity index is 1330. The summed E-state index contributed by atoms with van der Waals surface area (Å²) < 4.78 is 34.3. The highest BCUT2D eigenvalue weighted by molar-refractivity contribution is 7.92. The summed E-state index contributed by atoms with van der Waals surface area (Å²) in [7, 11) is -4.17. The SMILES string of the molecule is CCNC(=O)[C@H](CC)N(Cc1ccccc1)C(=O)CN(c1ccc(OCC)cc1)S(=O)(=O)c1ccc(Cl)cc1. The van der Waals surface area contributed by atoms with E-state index < -0.39 is 28.5 Å². The second-order valence-corrected chi connectivity index (χ2v) is 11.0. The number of benzene rings is 3. The summed E-state index contributed by atoms with van der Waals surface area (Å²) in [5.74, 6) is -0.231. The molecule has 0 unspecified atom stereocenters. The molecule has 0 saturated carbocycles. The van der Waals surface area contributed by atoms with E-state index in [0.717, 1.165) is 9.87 Å². The van der Waals surface area contributed by atoms with Gasteiger partial charge in [-0.1, -0.05) is 48.9 Å². The molecule has 0 saturated heterocycles. The quantitative estimate of drug-likeness (QED) is 0.315. The number of amides is 2. The molecule has 0 aliphatic heterocycles. The van der Waals surface area contributed by atoms with E-state index in [1.165, 1.54) is 29.2 Å². The van der Waals surface area contributed by atoms with Gasteiger partial charge in [-0.05, 0) is 74.4 Å². The molecule has 0 aromatic heterocycles. The van der Waals surface area contributed by atoms with E-state index in [4.69, 9.17) is 16.3 Å². The lowest BCUT2D eigenvalue weighted by Gasteiger charge is -2.33. The number of nitrogens with one attached hydrogen (secondary N) is 1. The molecule has 0 aliphatic rings. The first-order valence-corrected chi connectivity index (χ1v) is 14.6. The first-order chi connectivity index (χ1) is 18.7. The summed E-state index contributed by atoms with van der Waals surface area (Å²) in [6.45, 7) is 5.97. The van der Waals surface area contributed by atoms with Crippen molar-refractivity contribution in [3.63, 3.8) is 0 Å². The Hall–Kier alpha value is -3.56.